The molecule has 0 bridgehead atoms. The Morgan fingerprint density at radius 1 is 1.21 bits per heavy atom. The number of rotatable bonds is 6. The largest absolute Gasteiger partial charge is 0.493 e. The number of carbonyl (C=O) groups is 1. The summed E-state index contributed by atoms with van der Waals surface area (Å²) in [4.78, 5) is 12.2. The average Bonchev–Trinajstić information content (AvgIpc) is 3.20. The van der Waals surface area contributed by atoms with Crippen molar-refractivity contribution in [2.45, 2.75) is 0 Å². The van der Waals surface area contributed by atoms with Crippen molar-refractivity contribution in [1.82, 2.24) is 15.6 Å². The van der Waals surface area contributed by atoms with Gasteiger partial charge in [-0.05, 0) is 36.4 Å². The van der Waals surface area contributed by atoms with Crippen LogP contribution in [-0.2, 0) is 0 Å². The van der Waals surface area contributed by atoms with Gasteiger partial charge < -0.3 is 9.47 Å². The molecule has 0 saturated heterocycles. The number of methoxy groups -OCH3 is 2. The summed E-state index contributed by atoms with van der Waals surface area (Å²) in [7, 11) is 3.08. The molecular weight excluding hydrogens is 387 g/mol. The Balaban J connectivity index is 1.73. The van der Waals surface area contributed by atoms with Crippen LogP contribution in [-0.4, -0.2) is 36.5 Å². The zero-order chi connectivity index (χ0) is 20.1. The lowest BCUT2D eigenvalue weighted by atomic mass is 10.1. The SMILES string of the molecule is COc1ccc(-c2cc(C(=O)N/N=C\c3c(F)cccc3Cl)[nH]n2)cc1OC. The van der Waals surface area contributed by atoms with Crippen LogP contribution in [0.2, 0.25) is 5.02 Å². The smallest absolute Gasteiger partial charge is 0.289 e. The maximum absolute atomic E-state index is 13.7. The van der Waals surface area contributed by atoms with Crippen LogP contribution in [0.5, 0.6) is 11.5 Å². The van der Waals surface area contributed by atoms with Gasteiger partial charge in [-0.15, -0.1) is 0 Å². The van der Waals surface area contributed by atoms with Gasteiger partial charge in [0.1, 0.15) is 11.5 Å². The van der Waals surface area contributed by atoms with E-state index in [-0.39, 0.29) is 16.3 Å². The first-order valence-corrected chi connectivity index (χ1v) is 8.46. The third-order valence-electron chi connectivity index (χ3n) is 3.86. The Morgan fingerprint density at radius 3 is 2.71 bits per heavy atom. The zero-order valence-corrected chi connectivity index (χ0v) is 15.7. The molecule has 1 amide bonds. The van der Waals surface area contributed by atoms with Gasteiger partial charge in [0.25, 0.3) is 5.91 Å². The molecule has 0 unspecified atom stereocenters. The maximum Gasteiger partial charge on any atom is 0.289 e. The number of carbonyl (C=O) groups excluding carboxylic acids is 1. The summed E-state index contributed by atoms with van der Waals surface area (Å²) in [6.45, 7) is 0. The highest BCUT2D eigenvalue weighted by molar-refractivity contribution is 6.33. The summed E-state index contributed by atoms with van der Waals surface area (Å²) in [5, 5.41) is 10.7. The number of hydrogen-bond donors (Lipinski definition) is 2. The van der Waals surface area contributed by atoms with Gasteiger partial charge in [0.15, 0.2) is 11.5 Å². The number of aromatic nitrogens is 2. The summed E-state index contributed by atoms with van der Waals surface area (Å²) in [6.07, 6.45) is 1.14. The topological polar surface area (TPSA) is 88.6 Å². The molecule has 7 nitrogen and oxygen atoms in total. The highest BCUT2D eigenvalue weighted by Gasteiger charge is 2.13. The summed E-state index contributed by atoms with van der Waals surface area (Å²) >= 11 is 5.90. The first kappa shape index (κ1) is 19.4. The molecule has 0 radical (unpaired) electrons. The van der Waals surface area contributed by atoms with Crippen LogP contribution in [0.15, 0.2) is 47.6 Å². The second kappa shape index (κ2) is 8.53. The minimum absolute atomic E-state index is 0.0834. The van der Waals surface area contributed by atoms with Crippen LogP contribution < -0.4 is 14.9 Å². The van der Waals surface area contributed by atoms with Crippen molar-refractivity contribution in [2.75, 3.05) is 14.2 Å². The highest BCUT2D eigenvalue weighted by Crippen LogP contribution is 2.31. The Kier molecular flexibility index (Phi) is 5.90. The second-order valence-electron chi connectivity index (χ2n) is 5.57. The molecule has 0 spiro atoms. The quantitative estimate of drug-likeness (QED) is 0.486. The number of ether oxygens (including phenoxy) is 2. The van der Waals surface area contributed by atoms with Gasteiger partial charge in [0.05, 0.1) is 31.2 Å². The van der Waals surface area contributed by atoms with Crippen molar-refractivity contribution < 1.29 is 18.7 Å². The predicted molar refractivity (Wildman–Crippen MR) is 104 cm³/mol. The van der Waals surface area contributed by atoms with Gasteiger partial charge in [-0.3, -0.25) is 9.89 Å². The number of halogens is 2. The molecule has 0 aliphatic heterocycles. The average molecular weight is 403 g/mol. The summed E-state index contributed by atoms with van der Waals surface area (Å²) < 4.78 is 24.1. The summed E-state index contributed by atoms with van der Waals surface area (Å²) in [5.74, 6) is 0.0481. The Bertz CT molecular complexity index is 1020. The third-order valence-corrected chi connectivity index (χ3v) is 4.19. The molecule has 144 valence electrons. The standard InChI is InChI=1S/C19H16ClFN4O3/c1-27-17-7-6-11(8-18(17)28-2)15-9-16(24-23-15)19(26)25-22-10-12-13(20)4-3-5-14(12)21/h3-10H,1-2H3,(H,23,24)(H,25,26)/b22-10-. The molecule has 3 rings (SSSR count). The third kappa shape index (κ3) is 4.12. The van der Waals surface area contributed by atoms with Crippen molar-refractivity contribution in [3.8, 4) is 22.8 Å². The normalized spacial score (nSPS) is 10.9. The molecule has 0 saturated carbocycles. The summed E-state index contributed by atoms with van der Waals surface area (Å²) in [6, 6.07) is 11.1. The Labute approximate surface area is 165 Å². The lowest BCUT2D eigenvalue weighted by molar-refractivity contribution is 0.0950. The molecule has 1 heterocycles. The highest BCUT2D eigenvalue weighted by atomic mass is 35.5. The molecule has 0 aliphatic carbocycles. The van der Waals surface area contributed by atoms with Gasteiger partial charge in [-0.1, -0.05) is 17.7 Å². The zero-order valence-electron chi connectivity index (χ0n) is 15.0. The number of hydrazone groups is 1. The molecular formula is C19H16ClFN4O3. The van der Waals surface area contributed by atoms with Crippen molar-refractivity contribution in [3.63, 3.8) is 0 Å². The number of nitrogens with one attached hydrogen (secondary N) is 2. The van der Waals surface area contributed by atoms with Gasteiger partial charge in [0, 0.05) is 11.1 Å². The molecule has 28 heavy (non-hydrogen) atoms. The first-order chi connectivity index (χ1) is 13.5. The molecule has 1 aromatic heterocycles. The van der Waals surface area contributed by atoms with Crippen LogP contribution in [0.1, 0.15) is 16.1 Å². The molecule has 2 N–H and O–H groups in total. The number of hydrogen-bond acceptors (Lipinski definition) is 5. The van der Waals surface area contributed by atoms with Crippen LogP contribution in [0.4, 0.5) is 4.39 Å². The number of benzene rings is 2. The van der Waals surface area contributed by atoms with Crippen molar-refractivity contribution >= 4 is 23.7 Å². The van der Waals surface area contributed by atoms with Gasteiger partial charge in [-0.2, -0.15) is 10.2 Å². The fourth-order valence-electron chi connectivity index (χ4n) is 2.43. The number of aromatic amines is 1. The van der Waals surface area contributed by atoms with Crippen LogP contribution in [0.3, 0.4) is 0 Å². The van der Waals surface area contributed by atoms with E-state index in [0.29, 0.717) is 17.2 Å². The van der Waals surface area contributed by atoms with Crippen molar-refractivity contribution in [3.05, 3.63) is 64.6 Å². The molecule has 9 heteroatoms. The van der Waals surface area contributed by atoms with Gasteiger partial charge >= 0.3 is 0 Å². The monoisotopic (exact) mass is 402 g/mol. The van der Waals surface area contributed by atoms with E-state index in [1.54, 1.807) is 31.4 Å². The lowest BCUT2D eigenvalue weighted by Crippen LogP contribution is -2.18. The van der Waals surface area contributed by atoms with E-state index in [9.17, 15) is 9.18 Å². The first-order valence-electron chi connectivity index (χ1n) is 8.08. The molecule has 3 aromatic rings. The number of amides is 1. The van der Waals surface area contributed by atoms with Crippen molar-refractivity contribution in [1.29, 1.82) is 0 Å². The molecule has 0 aliphatic rings. The molecule has 0 fully saturated rings. The van der Waals surface area contributed by atoms with E-state index in [1.807, 2.05) is 0 Å². The number of H-pyrrole nitrogens is 1. The van der Waals surface area contributed by atoms with Gasteiger partial charge in [-0.25, -0.2) is 9.82 Å². The summed E-state index contributed by atoms with van der Waals surface area (Å²) in [5.41, 5.74) is 3.83. The minimum atomic E-state index is -0.539. The van der Waals surface area contributed by atoms with Crippen molar-refractivity contribution in [2.24, 2.45) is 5.10 Å². The molecule has 0 atom stereocenters. The van der Waals surface area contributed by atoms with Crippen LogP contribution in [0, 0.1) is 5.82 Å². The Hall–Kier alpha value is -3.39. The second-order valence-corrected chi connectivity index (χ2v) is 5.98. The van der Waals surface area contributed by atoms with E-state index in [0.717, 1.165) is 11.8 Å². The van der Waals surface area contributed by atoms with Crippen LogP contribution >= 0.6 is 11.6 Å². The van der Waals surface area contributed by atoms with E-state index in [1.165, 1.54) is 25.3 Å². The predicted octanol–water partition coefficient (Wildman–Crippen LogP) is 3.65. The van der Waals surface area contributed by atoms with Gasteiger partial charge in [0.2, 0.25) is 0 Å². The van der Waals surface area contributed by atoms with E-state index >= 15 is 0 Å². The van der Waals surface area contributed by atoms with E-state index in [2.05, 4.69) is 20.7 Å². The fraction of sp³-hybridized carbons (Fsp3) is 0.105. The van der Waals surface area contributed by atoms with E-state index in [4.69, 9.17) is 21.1 Å². The van der Waals surface area contributed by atoms with E-state index < -0.39 is 11.7 Å². The fourth-order valence-corrected chi connectivity index (χ4v) is 2.64. The number of nitrogens with zero attached hydrogens (tertiary/aromatic N) is 2. The Morgan fingerprint density at radius 2 is 2.00 bits per heavy atom. The molecule has 2 aromatic carbocycles. The van der Waals surface area contributed by atoms with Crippen LogP contribution in [0.25, 0.3) is 11.3 Å². The minimum Gasteiger partial charge on any atom is -0.493 e. The lowest BCUT2D eigenvalue weighted by Gasteiger charge is -2.08. The maximum atomic E-state index is 13.7.